The lowest BCUT2D eigenvalue weighted by molar-refractivity contribution is 0.102. The van der Waals surface area contributed by atoms with Gasteiger partial charge in [0.05, 0.1) is 23.9 Å². The van der Waals surface area contributed by atoms with Gasteiger partial charge in [-0.15, -0.1) is 0 Å². The van der Waals surface area contributed by atoms with Crippen LogP contribution in [0.15, 0.2) is 36.7 Å². The molecule has 6 heteroatoms. The maximum Gasteiger partial charge on any atom is 0.258 e. The molecule has 22 heavy (non-hydrogen) atoms. The number of hydrogen-bond donors (Lipinski definition) is 2. The maximum absolute atomic E-state index is 12.2. The molecule has 0 aliphatic heterocycles. The van der Waals surface area contributed by atoms with Gasteiger partial charge in [0.2, 0.25) is 0 Å². The monoisotopic (exact) mass is 303 g/mol. The predicted molar refractivity (Wildman–Crippen MR) is 84.2 cm³/mol. The Morgan fingerprint density at radius 2 is 2.00 bits per heavy atom. The van der Waals surface area contributed by atoms with Crippen LogP contribution in [0.3, 0.4) is 0 Å². The summed E-state index contributed by atoms with van der Waals surface area (Å²) < 4.78 is 7.02. The first-order valence-electron chi connectivity index (χ1n) is 7.10. The minimum Gasteiger partial charge on any atom is -0.491 e. The molecule has 2 N–H and O–H groups in total. The van der Waals surface area contributed by atoms with Crippen LogP contribution in [0.4, 0.5) is 5.69 Å². The van der Waals surface area contributed by atoms with Gasteiger partial charge in [-0.05, 0) is 45.0 Å². The summed E-state index contributed by atoms with van der Waals surface area (Å²) in [6, 6.07) is 6.98. The molecule has 1 amide bonds. The average molecular weight is 303 g/mol. The van der Waals surface area contributed by atoms with E-state index in [1.165, 1.54) is 0 Å². The van der Waals surface area contributed by atoms with Crippen LogP contribution in [0, 0.1) is 0 Å². The van der Waals surface area contributed by atoms with Crippen molar-refractivity contribution in [1.29, 1.82) is 0 Å². The Kier molecular flexibility index (Phi) is 4.82. The summed E-state index contributed by atoms with van der Waals surface area (Å²) in [6.07, 6.45) is 3.29. The van der Waals surface area contributed by atoms with Crippen LogP contribution in [0.2, 0.25) is 0 Å². The lowest BCUT2D eigenvalue weighted by Crippen LogP contribution is -2.22. The highest BCUT2D eigenvalue weighted by atomic mass is 16.5. The summed E-state index contributed by atoms with van der Waals surface area (Å²) in [5, 5.41) is 15.7. The molecule has 0 spiro atoms. The Morgan fingerprint density at radius 3 is 2.55 bits per heavy atom. The van der Waals surface area contributed by atoms with E-state index in [0.29, 0.717) is 17.0 Å². The molecule has 0 unspecified atom stereocenters. The average Bonchev–Trinajstić information content (AvgIpc) is 2.96. The van der Waals surface area contributed by atoms with Gasteiger partial charge in [-0.2, -0.15) is 5.10 Å². The molecular formula is C16H21N3O3. The van der Waals surface area contributed by atoms with E-state index in [0.717, 1.165) is 0 Å². The number of aliphatic hydroxyl groups is 1. The Hall–Kier alpha value is -2.34. The molecule has 0 aliphatic rings. The van der Waals surface area contributed by atoms with Crippen molar-refractivity contribution in [2.45, 2.75) is 26.3 Å². The van der Waals surface area contributed by atoms with Crippen molar-refractivity contribution in [2.75, 3.05) is 18.5 Å². The number of benzene rings is 1. The van der Waals surface area contributed by atoms with Crippen LogP contribution in [0.25, 0.3) is 0 Å². The minimum absolute atomic E-state index is 0.0315. The van der Waals surface area contributed by atoms with E-state index in [9.17, 15) is 4.79 Å². The highest BCUT2D eigenvalue weighted by Crippen LogP contribution is 2.17. The number of aromatic nitrogens is 2. The SMILES string of the molecule is CC(C)(C)n1cc(C(=O)Nc2ccc(OCCO)cc2)cn1. The quantitative estimate of drug-likeness (QED) is 0.888. The van der Waals surface area contributed by atoms with Gasteiger partial charge in [0, 0.05) is 11.9 Å². The second kappa shape index (κ2) is 6.62. The highest BCUT2D eigenvalue weighted by molar-refractivity contribution is 6.03. The Bertz CT molecular complexity index is 627. The lowest BCUT2D eigenvalue weighted by Gasteiger charge is -2.18. The summed E-state index contributed by atoms with van der Waals surface area (Å²) >= 11 is 0. The van der Waals surface area contributed by atoms with Crippen molar-refractivity contribution in [2.24, 2.45) is 0 Å². The van der Waals surface area contributed by atoms with Gasteiger partial charge in [-0.3, -0.25) is 9.48 Å². The topological polar surface area (TPSA) is 76.4 Å². The first-order chi connectivity index (χ1) is 10.4. The van der Waals surface area contributed by atoms with Crippen molar-refractivity contribution in [1.82, 2.24) is 9.78 Å². The second-order valence-corrected chi connectivity index (χ2v) is 5.89. The molecule has 118 valence electrons. The first kappa shape index (κ1) is 16.0. The van der Waals surface area contributed by atoms with E-state index < -0.39 is 0 Å². The normalized spacial score (nSPS) is 11.3. The molecule has 0 fully saturated rings. The Labute approximate surface area is 129 Å². The van der Waals surface area contributed by atoms with Crippen LogP contribution in [-0.2, 0) is 5.54 Å². The maximum atomic E-state index is 12.2. The number of carbonyl (C=O) groups is 1. The van der Waals surface area contributed by atoms with Crippen LogP contribution in [-0.4, -0.2) is 34.0 Å². The summed E-state index contributed by atoms with van der Waals surface area (Å²) in [6.45, 7) is 6.28. The summed E-state index contributed by atoms with van der Waals surface area (Å²) in [7, 11) is 0. The zero-order valence-corrected chi connectivity index (χ0v) is 13.0. The van der Waals surface area contributed by atoms with Crippen molar-refractivity contribution >= 4 is 11.6 Å². The smallest absolute Gasteiger partial charge is 0.258 e. The Balaban J connectivity index is 2.01. The number of hydrogen-bond acceptors (Lipinski definition) is 4. The molecule has 0 saturated heterocycles. The van der Waals surface area contributed by atoms with Crippen LogP contribution < -0.4 is 10.1 Å². The predicted octanol–water partition coefficient (Wildman–Crippen LogP) is 2.26. The Morgan fingerprint density at radius 1 is 1.32 bits per heavy atom. The standard InChI is InChI=1S/C16H21N3O3/c1-16(2,3)19-11-12(10-17-19)15(21)18-13-4-6-14(7-5-13)22-9-8-20/h4-7,10-11,20H,8-9H2,1-3H3,(H,18,21). The van der Waals surface area contributed by atoms with Crippen LogP contribution in [0.1, 0.15) is 31.1 Å². The lowest BCUT2D eigenvalue weighted by atomic mass is 10.1. The molecule has 1 heterocycles. The number of rotatable bonds is 5. The first-order valence-corrected chi connectivity index (χ1v) is 7.10. The fraction of sp³-hybridized carbons (Fsp3) is 0.375. The number of nitrogens with zero attached hydrogens (tertiary/aromatic N) is 2. The van der Waals surface area contributed by atoms with Gasteiger partial charge in [0.15, 0.2) is 0 Å². The molecule has 0 saturated carbocycles. The molecule has 0 bridgehead atoms. The van der Waals surface area contributed by atoms with E-state index >= 15 is 0 Å². The number of ether oxygens (including phenoxy) is 1. The molecule has 1 aromatic carbocycles. The summed E-state index contributed by atoms with van der Waals surface area (Å²) in [4.78, 5) is 12.2. The summed E-state index contributed by atoms with van der Waals surface area (Å²) in [5.41, 5.74) is 1.02. The minimum atomic E-state index is -0.209. The van der Waals surface area contributed by atoms with Gasteiger partial charge < -0.3 is 15.2 Å². The molecule has 1 aromatic heterocycles. The van der Waals surface area contributed by atoms with Crippen molar-refractivity contribution in [3.63, 3.8) is 0 Å². The fourth-order valence-corrected chi connectivity index (χ4v) is 1.81. The second-order valence-electron chi connectivity index (χ2n) is 5.89. The van der Waals surface area contributed by atoms with Gasteiger partial charge in [0.1, 0.15) is 12.4 Å². The zero-order chi connectivity index (χ0) is 16.2. The number of anilines is 1. The van der Waals surface area contributed by atoms with Gasteiger partial charge >= 0.3 is 0 Å². The van der Waals surface area contributed by atoms with E-state index in [2.05, 4.69) is 10.4 Å². The number of amides is 1. The van der Waals surface area contributed by atoms with Gasteiger partial charge in [0.25, 0.3) is 5.91 Å². The largest absolute Gasteiger partial charge is 0.491 e. The fourth-order valence-electron chi connectivity index (χ4n) is 1.81. The summed E-state index contributed by atoms with van der Waals surface area (Å²) in [5.74, 6) is 0.437. The van der Waals surface area contributed by atoms with Crippen molar-refractivity contribution < 1.29 is 14.6 Å². The van der Waals surface area contributed by atoms with Crippen LogP contribution >= 0.6 is 0 Å². The molecular weight excluding hydrogens is 282 g/mol. The zero-order valence-electron chi connectivity index (χ0n) is 13.0. The number of aliphatic hydroxyl groups excluding tert-OH is 1. The van der Waals surface area contributed by atoms with Crippen molar-refractivity contribution in [3.8, 4) is 5.75 Å². The van der Waals surface area contributed by atoms with E-state index in [1.807, 2.05) is 20.8 Å². The highest BCUT2D eigenvalue weighted by Gasteiger charge is 2.16. The van der Waals surface area contributed by atoms with E-state index in [-0.39, 0.29) is 24.7 Å². The van der Waals surface area contributed by atoms with Gasteiger partial charge in [-0.25, -0.2) is 0 Å². The van der Waals surface area contributed by atoms with Crippen LogP contribution in [0.5, 0.6) is 5.75 Å². The molecule has 0 radical (unpaired) electrons. The molecule has 0 aliphatic carbocycles. The van der Waals surface area contributed by atoms with Crippen molar-refractivity contribution in [3.05, 3.63) is 42.2 Å². The molecule has 2 rings (SSSR count). The van der Waals surface area contributed by atoms with E-state index in [1.54, 1.807) is 41.3 Å². The molecule has 2 aromatic rings. The molecule has 0 atom stereocenters. The third-order valence-electron chi connectivity index (χ3n) is 3.00. The van der Waals surface area contributed by atoms with Gasteiger partial charge in [-0.1, -0.05) is 0 Å². The third-order valence-corrected chi connectivity index (χ3v) is 3.00. The number of nitrogens with one attached hydrogen (secondary N) is 1. The van der Waals surface area contributed by atoms with E-state index in [4.69, 9.17) is 9.84 Å². The number of carbonyl (C=O) groups excluding carboxylic acids is 1. The molecule has 6 nitrogen and oxygen atoms in total. The third kappa shape index (κ3) is 4.08.